The Labute approximate surface area is 106 Å². The SMILES string of the molecule is NCCNc1c2ccccc2cc2ccccc12. The monoisotopic (exact) mass is 236 g/mol. The van der Waals surface area contributed by atoms with Crippen LogP contribution in [0.3, 0.4) is 0 Å². The molecular formula is C16H16N2. The first-order valence-corrected chi connectivity index (χ1v) is 6.24. The van der Waals surface area contributed by atoms with Crippen LogP contribution < -0.4 is 11.1 Å². The van der Waals surface area contributed by atoms with Crippen LogP contribution in [0.15, 0.2) is 54.6 Å². The molecule has 2 nitrogen and oxygen atoms in total. The van der Waals surface area contributed by atoms with E-state index in [-0.39, 0.29) is 0 Å². The average Bonchev–Trinajstić information content (AvgIpc) is 2.43. The first-order chi connectivity index (χ1) is 8.90. The molecule has 0 spiro atoms. The van der Waals surface area contributed by atoms with Crippen molar-refractivity contribution in [2.45, 2.75) is 0 Å². The highest BCUT2D eigenvalue weighted by Crippen LogP contribution is 2.32. The van der Waals surface area contributed by atoms with Gasteiger partial charge in [0.1, 0.15) is 0 Å². The summed E-state index contributed by atoms with van der Waals surface area (Å²) < 4.78 is 0. The number of rotatable bonds is 3. The van der Waals surface area contributed by atoms with Crippen molar-refractivity contribution in [3.8, 4) is 0 Å². The van der Waals surface area contributed by atoms with Crippen molar-refractivity contribution in [1.29, 1.82) is 0 Å². The fourth-order valence-electron chi connectivity index (χ4n) is 2.40. The number of fused-ring (bicyclic) bond motifs is 2. The zero-order valence-electron chi connectivity index (χ0n) is 10.2. The van der Waals surface area contributed by atoms with Gasteiger partial charge in [-0.05, 0) is 16.8 Å². The molecule has 0 aliphatic heterocycles. The maximum atomic E-state index is 5.60. The molecule has 0 bridgehead atoms. The average molecular weight is 236 g/mol. The molecule has 0 atom stereocenters. The molecule has 3 N–H and O–H groups in total. The third-order valence-electron chi connectivity index (χ3n) is 3.22. The Kier molecular flexibility index (Phi) is 2.87. The summed E-state index contributed by atoms with van der Waals surface area (Å²) in [5.74, 6) is 0. The summed E-state index contributed by atoms with van der Waals surface area (Å²) in [6.45, 7) is 1.43. The molecule has 90 valence electrons. The largest absolute Gasteiger partial charge is 0.383 e. The van der Waals surface area contributed by atoms with Crippen LogP contribution in [0, 0.1) is 0 Å². The van der Waals surface area contributed by atoms with Gasteiger partial charge < -0.3 is 11.1 Å². The van der Waals surface area contributed by atoms with Gasteiger partial charge in [0.2, 0.25) is 0 Å². The molecule has 0 unspecified atom stereocenters. The molecule has 0 aliphatic carbocycles. The predicted octanol–water partition coefficient (Wildman–Crippen LogP) is 3.36. The summed E-state index contributed by atoms with van der Waals surface area (Å²) >= 11 is 0. The third kappa shape index (κ3) is 1.81. The minimum absolute atomic E-state index is 0.636. The molecule has 0 fully saturated rings. The van der Waals surface area contributed by atoms with Gasteiger partial charge in [-0.1, -0.05) is 48.5 Å². The Hall–Kier alpha value is -2.06. The molecule has 0 aromatic heterocycles. The van der Waals surface area contributed by atoms with Crippen LogP contribution in [0.25, 0.3) is 21.5 Å². The molecule has 0 aliphatic rings. The second kappa shape index (κ2) is 4.67. The lowest BCUT2D eigenvalue weighted by molar-refractivity contribution is 1.03. The number of anilines is 1. The molecule has 2 heteroatoms. The fraction of sp³-hybridized carbons (Fsp3) is 0.125. The molecule has 0 saturated heterocycles. The van der Waals surface area contributed by atoms with Gasteiger partial charge in [0.25, 0.3) is 0 Å². The highest BCUT2D eigenvalue weighted by Gasteiger charge is 2.05. The minimum Gasteiger partial charge on any atom is -0.383 e. The van der Waals surface area contributed by atoms with Crippen LogP contribution in [0.4, 0.5) is 5.69 Å². The van der Waals surface area contributed by atoms with E-state index in [1.54, 1.807) is 0 Å². The second-order valence-electron chi connectivity index (χ2n) is 4.41. The van der Waals surface area contributed by atoms with Crippen molar-refractivity contribution in [2.24, 2.45) is 5.73 Å². The summed E-state index contributed by atoms with van der Waals surface area (Å²) in [6, 6.07) is 19.1. The number of nitrogens with one attached hydrogen (secondary N) is 1. The number of nitrogens with two attached hydrogens (primary N) is 1. The first-order valence-electron chi connectivity index (χ1n) is 6.24. The van der Waals surface area contributed by atoms with E-state index in [0.29, 0.717) is 6.54 Å². The zero-order chi connectivity index (χ0) is 12.4. The Balaban J connectivity index is 2.34. The Morgan fingerprint density at radius 2 is 1.39 bits per heavy atom. The Morgan fingerprint density at radius 1 is 0.833 bits per heavy atom. The van der Waals surface area contributed by atoms with Gasteiger partial charge in [-0.15, -0.1) is 0 Å². The lowest BCUT2D eigenvalue weighted by Gasteiger charge is -2.13. The lowest BCUT2D eigenvalue weighted by atomic mass is 10.0. The first kappa shape index (κ1) is 11.1. The summed E-state index contributed by atoms with van der Waals surface area (Å²) in [5, 5.41) is 8.48. The number of hydrogen-bond acceptors (Lipinski definition) is 2. The molecule has 0 saturated carbocycles. The molecule has 0 amide bonds. The van der Waals surface area contributed by atoms with Crippen molar-refractivity contribution in [2.75, 3.05) is 18.4 Å². The van der Waals surface area contributed by atoms with Crippen LogP contribution >= 0.6 is 0 Å². The molecule has 0 heterocycles. The highest BCUT2D eigenvalue weighted by atomic mass is 14.9. The van der Waals surface area contributed by atoms with Gasteiger partial charge >= 0.3 is 0 Å². The molecule has 3 aromatic carbocycles. The standard InChI is InChI=1S/C16H16N2/c17-9-10-18-16-14-7-3-1-5-12(14)11-13-6-2-4-8-15(13)16/h1-8,11,18H,9-10,17H2. The van der Waals surface area contributed by atoms with E-state index in [1.165, 1.54) is 27.2 Å². The van der Waals surface area contributed by atoms with E-state index in [9.17, 15) is 0 Å². The molecule has 3 rings (SSSR count). The second-order valence-corrected chi connectivity index (χ2v) is 4.41. The number of hydrogen-bond donors (Lipinski definition) is 2. The zero-order valence-corrected chi connectivity index (χ0v) is 10.2. The van der Waals surface area contributed by atoms with Crippen molar-refractivity contribution >= 4 is 27.2 Å². The van der Waals surface area contributed by atoms with Gasteiger partial charge in [-0.25, -0.2) is 0 Å². The van der Waals surface area contributed by atoms with E-state index in [4.69, 9.17) is 5.73 Å². The summed E-state index contributed by atoms with van der Waals surface area (Å²) in [7, 11) is 0. The smallest absolute Gasteiger partial charge is 0.0500 e. The maximum Gasteiger partial charge on any atom is 0.0500 e. The third-order valence-corrected chi connectivity index (χ3v) is 3.22. The fourth-order valence-corrected chi connectivity index (χ4v) is 2.40. The lowest BCUT2D eigenvalue weighted by Crippen LogP contribution is -2.13. The van der Waals surface area contributed by atoms with Crippen LogP contribution in [-0.4, -0.2) is 13.1 Å². The summed E-state index contributed by atoms with van der Waals surface area (Å²) in [4.78, 5) is 0. The van der Waals surface area contributed by atoms with E-state index in [1.807, 2.05) is 0 Å². The Bertz CT molecular complexity index is 635. The van der Waals surface area contributed by atoms with Gasteiger partial charge in [-0.3, -0.25) is 0 Å². The molecule has 3 aromatic rings. The van der Waals surface area contributed by atoms with Gasteiger partial charge in [-0.2, -0.15) is 0 Å². The topological polar surface area (TPSA) is 38.0 Å². The highest BCUT2D eigenvalue weighted by molar-refractivity contribution is 6.10. The van der Waals surface area contributed by atoms with Crippen molar-refractivity contribution < 1.29 is 0 Å². The molecular weight excluding hydrogens is 220 g/mol. The maximum absolute atomic E-state index is 5.60. The normalized spacial score (nSPS) is 10.9. The van der Waals surface area contributed by atoms with Crippen molar-refractivity contribution in [3.05, 3.63) is 54.6 Å². The van der Waals surface area contributed by atoms with Crippen LogP contribution in [0.5, 0.6) is 0 Å². The number of benzene rings is 3. The van der Waals surface area contributed by atoms with E-state index in [0.717, 1.165) is 6.54 Å². The van der Waals surface area contributed by atoms with Gasteiger partial charge in [0, 0.05) is 29.5 Å². The summed E-state index contributed by atoms with van der Waals surface area (Å²) in [6.07, 6.45) is 0. The van der Waals surface area contributed by atoms with Crippen LogP contribution in [0.1, 0.15) is 0 Å². The summed E-state index contributed by atoms with van der Waals surface area (Å²) in [5.41, 5.74) is 6.79. The minimum atomic E-state index is 0.636. The van der Waals surface area contributed by atoms with E-state index < -0.39 is 0 Å². The van der Waals surface area contributed by atoms with Crippen LogP contribution in [-0.2, 0) is 0 Å². The van der Waals surface area contributed by atoms with Gasteiger partial charge in [0.15, 0.2) is 0 Å². The molecule has 18 heavy (non-hydrogen) atoms. The quantitative estimate of drug-likeness (QED) is 0.684. The van der Waals surface area contributed by atoms with E-state index >= 15 is 0 Å². The van der Waals surface area contributed by atoms with Gasteiger partial charge in [0.05, 0.1) is 0 Å². The molecule has 0 radical (unpaired) electrons. The van der Waals surface area contributed by atoms with Crippen molar-refractivity contribution in [3.63, 3.8) is 0 Å². The van der Waals surface area contributed by atoms with Crippen LogP contribution in [0.2, 0.25) is 0 Å². The predicted molar refractivity (Wildman–Crippen MR) is 79.0 cm³/mol. The van der Waals surface area contributed by atoms with E-state index in [2.05, 4.69) is 59.9 Å². The Morgan fingerprint density at radius 3 is 1.94 bits per heavy atom. The van der Waals surface area contributed by atoms with Crippen molar-refractivity contribution in [1.82, 2.24) is 0 Å².